The van der Waals surface area contributed by atoms with Crippen molar-refractivity contribution in [3.05, 3.63) is 32.4 Å². The van der Waals surface area contributed by atoms with E-state index >= 15 is 0 Å². The summed E-state index contributed by atoms with van der Waals surface area (Å²) in [5.74, 6) is 0.309. The van der Waals surface area contributed by atoms with Gasteiger partial charge in [-0.1, -0.05) is 11.6 Å². The van der Waals surface area contributed by atoms with Gasteiger partial charge in [0.25, 0.3) is 5.91 Å². The topological polar surface area (TPSA) is 49.3 Å². The van der Waals surface area contributed by atoms with Crippen LogP contribution in [-0.4, -0.2) is 23.7 Å². The van der Waals surface area contributed by atoms with Crippen LogP contribution >= 0.6 is 34.2 Å². The molecule has 0 aromatic heterocycles. The van der Waals surface area contributed by atoms with E-state index in [0.717, 1.165) is 16.4 Å². The predicted octanol–water partition coefficient (Wildman–Crippen LogP) is 2.45. The monoisotopic (exact) mass is 365 g/mol. The molecule has 1 fully saturated rings. The van der Waals surface area contributed by atoms with E-state index in [9.17, 15) is 4.79 Å². The van der Waals surface area contributed by atoms with Crippen LogP contribution in [0.1, 0.15) is 23.2 Å². The summed E-state index contributed by atoms with van der Waals surface area (Å²) in [6.07, 6.45) is 1.39. The van der Waals surface area contributed by atoms with Crippen molar-refractivity contribution in [3.63, 3.8) is 0 Å². The zero-order valence-corrected chi connectivity index (χ0v) is 12.0. The smallest absolute Gasteiger partial charge is 0.252 e. The van der Waals surface area contributed by atoms with Gasteiger partial charge in [-0.2, -0.15) is 0 Å². The summed E-state index contributed by atoms with van der Waals surface area (Å²) >= 11 is 7.98. The quantitative estimate of drug-likeness (QED) is 0.809. The van der Waals surface area contributed by atoms with Gasteiger partial charge < -0.3 is 10.4 Å². The van der Waals surface area contributed by atoms with Crippen LogP contribution in [0.25, 0.3) is 0 Å². The van der Waals surface area contributed by atoms with Gasteiger partial charge in [0.05, 0.1) is 11.7 Å². The second-order valence-electron chi connectivity index (χ2n) is 4.33. The SMILES string of the molecule is O=C(NCC1CC(O)C1)c1cc(Cl)ccc1I. The molecular weight excluding hydrogens is 352 g/mol. The Morgan fingerprint density at radius 2 is 2.24 bits per heavy atom. The molecule has 2 rings (SSSR count). The second kappa shape index (κ2) is 5.54. The number of carbonyl (C=O) groups excluding carboxylic acids is 1. The summed E-state index contributed by atoms with van der Waals surface area (Å²) in [5, 5.41) is 12.6. The van der Waals surface area contributed by atoms with Gasteiger partial charge in [0, 0.05) is 15.1 Å². The summed E-state index contributed by atoms with van der Waals surface area (Å²) in [4.78, 5) is 11.9. The van der Waals surface area contributed by atoms with Crippen molar-refractivity contribution in [2.45, 2.75) is 18.9 Å². The summed E-state index contributed by atoms with van der Waals surface area (Å²) in [6.45, 7) is 0.623. The van der Waals surface area contributed by atoms with Crippen LogP contribution in [0.15, 0.2) is 18.2 Å². The molecule has 5 heteroatoms. The van der Waals surface area contributed by atoms with Gasteiger partial charge in [-0.3, -0.25) is 4.79 Å². The van der Waals surface area contributed by atoms with Crippen LogP contribution in [-0.2, 0) is 0 Å². The number of hydrogen-bond acceptors (Lipinski definition) is 2. The van der Waals surface area contributed by atoms with Gasteiger partial charge in [0.1, 0.15) is 0 Å². The highest BCUT2D eigenvalue weighted by Crippen LogP contribution is 2.26. The van der Waals surface area contributed by atoms with Crippen molar-refractivity contribution in [1.29, 1.82) is 0 Å². The van der Waals surface area contributed by atoms with E-state index in [2.05, 4.69) is 27.9 Å². The fourth-order valence-electron chi connectivity index (χ4n) is 1.87. The highest BCUT2D eigenvalue weighted by atomic mass is 127. The number of rotatable bonds is 3. The molecule has 0 bridgehead atoms. The molecule has 1 saturated carbocycles. The Bertz CT molecular complexity index is 433. The molecule has 0 unspecified atom stereocenters. The van der Waals surface area contributed by atoms with Crippen LogP contribution in [0.4, 0.5) is 0 Å². The minimum Gasteiger partial charge on any atom is -0.393 e. The fraction of sp³-hybridized carbons (Fsp3) is 0.417. The minimum absolute atomic E-state index is 0.0988. The van der Waals surface area contributed by atoms with Gasteiger partial charge in [-0.05, 0) is 59.5 Å². The third kappa shape index (κ3) is 3.33. The molecule has 0 radical (unpaired) electrons. The predicted molar refractivity (Wildman–Crippen MR) is 75.2 cm³/mol. The number of carbonyl (C=O) groups is 1. The Morgan fingerprint density at radius 3 is 2.88 bits per heavy atom. The Labute approximate surface area is 119 Å². The van der Waals surface area contributed by atoms with E-state index in [4.69, 9.17) is 16.7 Å². The van der Waals surface area contributed by atoms with Crippen LogP contribution < -0.4 is 5.32 Å². The number of halogens is 2. The van der Waals surface area contributed by atoms with Gasteiger partial charge in [-0.15, -0.1) is 0 Å². The molecule has 92 valence electrons. The zero-order valence-electron chi connectivity index (χ0n) is 9.12. The van der Waals surface area contributed by atoms with E-state index < -0.39 is 0 Å². The lowest BCUT2D eigenvalue weighted by molar-refractivity contribution is 0.0420. The number of aliphatic hydroxyl groups excluding tert-OH is 1. The Morgan fingerprint density at radius 1 is 1.53 bits per heavy atom. The molecule has 1 aromatic rings. The summed E-state index contributed by atoms with van der Waals surface area (Å²) in [6, 6.07) is 5.27. The molecule has 0 aliphatic heterocycles. The number of hydrogen-bond donors (Lipinski definition) is 2. The number of aliphatic hydroxyl groups is 1. The normalized spacial score (nSPS) is 23.0. The third-order valence-electron chi connectivity index (χ3n) is 2.94. The lowest BCUT2D eigenvalue weighted by Gasteiger charge is -2.31. The first-order chi connectivity index (χ1) is 8.06. The van der Waals surface area contributed by atoms with E-state index in [0.29, 0.717) is 23.0 Å². The lowest BCUT2D eigenvalue weighted by atomic mass is 9.82. The van der Waals surface area contributed by atoms with Crippen LogP contribution in [0.5, 0.6) is 0 Å². The number of amides is 1. The molecule has 1 aliphatic carbocycles. The largest absolute Gasteiger partial charge is 0.393 e. The van der Waals surface area contributed by atoms with E-state index in [1.165, 1.54) is 0 Å². The van der Waals surface area contributed by atoms with Gasteiger partial charge in [0.15, 0.2) is 0 Å². The number of nitrogens with one attached hydrogen (secondary N) is 1. The molecule has 1 aromatic carbocycles. The summed E-state index contributed by atoms with van der Waals surface area (Å²) in [5.41, 5.74) is 0.609. The molecule has 1 aliphatic rings. The molecule has 3 nitrogen and oxygen atoms in total. The minimum atomic E-state index is -0.178. The van der Waals surface area contributed by atoms with Crippen molar-refractivity contribution < 1.29 is 9.90 Å². The maximum atomic E-state index is 11.9. The molecule has 0 atom stereocenters. The fourth-order valence-corrected chi connectivity index (χ4v) is 2.62. The van der Waals surface area contributed by atoms with E-state index in [1.807, 2.05) is 6.07 Å². The molecule has 0 saturated heterocycles. The molecule has 1 amide bonds. The lowest BCUT2D eigenvalue weighted by Crippen LogP contribution is -2.38. The molecule has 2 N–H and O–H groups in total. The second-order valence-corrected chi connectivity index (χ2v) is 5.92. The zero-order chi connectivity index (χ0) is 12.4. The highest BCUT2D eigenvalue weighted by molar-refractivity contribution is 14.1. The molecular formula is C12H13ClINO2. The van der Waals surface area contributed by atoms with Crippen molar-refractivity contribution in [2.24, 2.45) is 5.92 Å². The highest BCUT2D eigenvalue weighted by Gasteiger charge is 2.27. The Hall–Kier alpha value is -0.330. The molecule has 17 heavy (non-hydrogen) atoms. The first-order valence-electron chi connectivity index (χ1n) is 5.47. The van der Waals surface area contributed by atoms with Crippen molar-refractivity contribution >= 4 is 40.1 Å². The Balaban J connectivity index is 1.92. The van der Waals surface area contributed by atoms with Gasteiger partial charge in [0.2, 0.25) is 0 Å². The summed E-state index contributed by atoms with van der Waals surface area (Å²) in [7, 11) is 0. The van der Waals surface area contributed by atoms with Crippen LogP contribution in [0.2, 0.25) is 5.02 Å². The van der Waals surface area contributed by atoms with Gasteiger partial charge in [-0.25, -0.2) is 0 Å². The molecule has 0 heterocycles. The van der Waals surface area contributed by atoms with E-state index in [-0.39, 0.29) is 12.0 Å². The average Bonchev–Trinajstić information content (AvgIpc) is 2.26. The number of benzene rings is 1. The van der Waals surface area contributed by atoms with Crippen molar-refractivity contribution in [1.82, 2.24) is 5.32 Å². The standard InChI is InChI=1S/C12H13ClINO2/c13-8-1-2-11(14)10(5-8)12(17)15-6-7-3-9(16)4-7/h1-2,5,7,9,16H,3-4,6H2,(H,15,17). The first-order valence-corrected chi connectivity index (χ1v) is 6.93. The molecule has 0 spiro atoms. The van der Waals surface area contributed by atoms with Crippen molar-refractivity contribution in [2.75, 3.05) is 6.54 Å². The van der Waals surface area contributed by atoms with Crippen LogP contribution in [0.3, 0.4) is 0 Å². The average molecular weight is 366 g/mol. The van der Waals surface area contributed by atoms with E-state index in [1.54, 1.807) is 12.1 Å². The maximum absolute atomic E-state index is 11.9. The Kier molecular flexibility index (Phi) is 4.27. The summed E-state index contributed by atoms with van der Waals surface area (Å²) < 4.78 is 0.887. The van der Waals surface area contributed by atoms with Gasteiger partial charge >= 0.3 is 0 Å². The first kappa shape index (κ1) is 13.1. The maximum Gasteiger partial charge on any atom is 0.252 e. The van der Waals surface area contributed by atoms with Crippen LogP contribution in [0, 0.1) is 9.49 Å². The third-order valence-corrected chi connectivity index (χ3v) is 4.11. The van der Waals surface area contributed by atoms with Crippen molar-refractivity contribution in [3.8, 4) is 0 Å².